The first-order valence-corrected chi connectivity index (χ1v) is 11.6. The Bertz CT molecular complexity index is 876. The molecule has 4 rings (SSSR count). The molecule has 1 saturated heterocycles. The number of hydrogen-bond acceptors (Lipinski definition) is 2. The van der Waals surface area contributed by atoms with Crippen molar-refractivity contribution in [1.82, 2.24) is 4.90 Å². The van der Waals surface area contributed by atoms with Gasteiger partial charge in [0.1, 0.15) is 12.3 Å². The smallest absolute Gasteiger partial charge is 0.410 e. The maximum absolute atomic E-state index is 12.3. The predicted molar refractivity (Wildman–Crippen MR) is 126 cm³/mol. The van der Waals surface area contributed by atoms with E-state index in [-0.39, 0.29) is 6.09 Å². The summed E-state index contributed by atoms with van der Waals surface area (Å²) in [6, 6.07) is 0. The SMILES string of the molecule is C=C(C=C1CC2=C(C=CCC=C2)C1)[N+](=C)CC1CC12CCN(C(=O)OC(C)(C)C)CC2. The largest absolute Gasteiger partial charge is 0.444 e. The number of amides is 1. The number of carbonyl (C=O) groups excluding carboxylic acids is 1. The number of hydrogen-bond donors (Lipinski definition) is 0. The van der Waals surface area contributed by atoms with Crippen LogP contribution in [0.5, 0.6) is 0 Å². The van der Waals surface area contributed by atoms with Crippen LogP contribution in [0.3, 0.4) is 0 Å². The van der Waals surface area contributed by atoms with E-state index in [4.69, 9.17) is 4.74 Å². The summed E-state index contributed by atoms with van der Waals surface area (Å²) in [5, 5.41) is 0. The van der Waals surface area contributed by atoms with Crippen molar-refractivity contribution in [3.05, 3.63) is 59.4 Å². The summed E-state index contributed by atoms with van der Waals surface area (Å²) in [5.74, 6) is 0.644. The average Bonchev–Trinajstić information content (AvgIpc) is 3.27. The van der Waals surface area contributed by atoms with Crippen LogP contribution in [-0.2, 0) is 4.74 Å². The van der Waals surface area contributed by atoms with E-state index in [1.54, 1.807) is 0 Å². The molecule has 1 amide bonds. The highest BCUT2D eigenvalue weighted by Crippen LogP contribution is 2.59. The Kier molecular flexibility index (Phi) is 5.85. The van der Waals surface area contributed by atoms with Crippen molar-refractivity contribution in [2.75, 3.05) is 19.6 Å². The lowest BCUT2D eigenvalue weighted by molar-refractivity contribution is -0.467. The summed E-state index contributed by atoms with van der Waals surface area (Å²) in [4.78, 5) is 14.2. The van der Waals surface area contributed by atoms with Gasteiger partial charge in [-0.25, -0.2) is 9.37 Å². The molecule has 0 radical (unpaired) electrons. The lowest BCUT2D eigenvalue weighted by Crippen LogP contribution is -2.42. The van der Waals surface area contributed by atoms with Gasteiger partial charge in [-0.15, -0.1) is 0 Å². The number of carbonyl (C=O) groups is 1. The average molecular weight is 422 g/mol. The minimum atomic E-state index is -0.433. The number of nitrogens with zero attached hydrogens (tertiary/aromatic N) is 2. The van der Waals surface area contributed by atoms with Crippen LogP contribution in [-0.4, -0.2) is 47.5 Å². The van der Waals surface area contributed by atoms with Crippen molar-refractivity contribution < 1.29 is 14.1 Å². The summed E-state index contributed by atoms with van der Waals surface area (Å²) >= 11 is 0. The van der Waals surface area contributed by atoms with Crippen molar-refractivity contribution in [3.8, 4) is 0 Å². The molecule has 3 aliphatic carbocycles. The maximum Gasteiger partial charge on any atom is 0.410 e. The van der Waals surface area contributed by atoms with E-state index in [0.717, 1.165) is 57.4 Å². The van der Waals surface area contributed by atoms with E-state index in [1.165, 1.54) is 23.1 Å². The number of ether oxygens (including phenoxy) is 1. The van der Waals surface area contributed by atoms with Gasteiger partial charge in [0.2, 0.25) is 0 Å². The fourth-order valence-electron chi connectivity index (χ4n) is 5.19. The molecule has 4 aliphatic rings. The van der Waals surface area contributed by atoms with Gasteiger partial charge in [0.05, 0.1) is 0 Å². The third kappa shape index (κ3) is 5.11. The zero-order valence-corrected chi connectivity index (χ0v) is 19.5. The van der Waals surface area contributed by atoms with E-state index < -0.39 is 5.60 Å². The second-order valence-corrected chi connectivity index (χ2v) is 10.7. The molecule has 1 unspecified atom stereocenters. The Hall–Kier alpha value is -2.36. The molecule has 4 nitrogen and oxygen atoms in total. The normalized spacial score (nSPS) is 24.2. The molecular formula is C27H37N2O2+. The third-order valence-corrected chi connectivity index (χ3v) is 7.15. The molecule has 166 valence electrons. The zero-order chi connectivity index (χ0) is 22.2. The molecule has 0 aromatic heterocycles. The van der Waals surface area contributed by atoms with E-state index >= 15 is 0 Å². The number of allylic oxidation sites excluding steroid dienone is 8. The molecule has 1 saturated carbocycles. The Labute approximate surface area is 187 Å². The van der Waals surface area contributed by atoms with E-state index in [1.807, 2.05) is 25.7 Å². The highest BCUT2D eigenvalue weighted by atomic mass is 16.6. The highest BCUT2D eigenvalue weighted by molar-refractivity contribution is 5.68. The van der Waals surface area contributed by atoms with Crippen molar-refractivity contribution in [1.29, 1.82) is 0 Å². The first-order chi connectivity index (χ1) is 14.7. The second kappa shape index (κ2) is 8.29. The summed E-state index contributed by atoms with van der Waals surface area (Å²) in [5.41, 5.74) is 5.27. The fourth-order valence-corrected chi connectivity index (χ4v) is 5.19. The van der Waals surface area contributed by atoms with Gasteiger partial charge >= 0.3 is 6.09 Å². The molecule has 0 aromatic carbocycles. The van der Waals surface area contributed by atoms with Crippen LogP contribution in [0.15, 0.2) is 59.4 Å². The molecule has 0 N–H and O–H groups in total. The standard InChI is InChI=1S/C27H37N2O2/c1-20(15-21-16-22-9-7-6-8-10-23(22)17-21)28(5)19-24-18-27(24)11-13-29(14-12-27)25(30)31-26(2,3)4/h7-10,15,24H,1,5-6,11-14,16-19H2,2-4H3/q+1. The zero-order valence-electron chi connectivity index (χ0n) is 19.5. The van der Waals surface area contributed by atoms with Crippen LogP contribution in [0.25, 0.3) is 0 Å². The Morgan fingerprint density at radius 1 is 1.23 bits per heavy atom. The molecule has 1 atom stereocenters. The maximum atomic E-state index is 12.3. The fraction of sp³-hybridized carbons (Fsp3) is 0.556. The number of rotatable bonds is 4. The van der Waals surface area contributed by atoms with Crippen molar-refractivity contribution >= 4 is 12.8 Å². The van der Waals surface area contributed by atoms with Crippen molar-refractivity contribution in [2.24, 2.45) is 11.3 Å². The minimum absolute atomic E-state index is 0.174. The Balaban J connectivity index is 1.25. The van der Waals surface area contributed by atoms with Crippen LogP contribution in [0, 0.1) is 11.3 Å². The molecule has 1 spiro atoms. The molecular weight excluding hydrogens is 384 g/mol. The van der Waals surface area contributed by atoms with Crippen molar-refractivity contribution in [2.45, 2.75) is 64.9 Å². The van der Waals surface area contributed by atoms with Crippen LogP contribution in [0.4, 0.5) is 4.79 Å². The summed E-state index contributed by atoms with van der Waals surface area (Å²) in [7, 11) is 0. The Morgan fingerprint density at radius 3 is 2.42 bits per heavy atom. The number of piperidine rings is 1. The van der Waals surface area contributed by atoms with Gasteiger partial charge in [0.15, 0.2) is 12.2 Å². The molecule has 1 aliphatic heterocycles. The highest BCUT2D eigenvalue weighted by Gasteiger charge is 2.57. The van der Waals surface area contributed by atoms with E-state index in [0.29, 0.717) is 11.3 Å². The molecule has 4 heteroatoms. The summed E-state index contributed by atoms with van der Waals surface area (Å²) in [6.07, 6.45) is 17.5. The number of likely N-dealkylation sites (tertiary alicyclic amines) is 1. The van der Waals surface area contributed by atoms with Gasteiger partial charge in [-0.2, -0.15) is 0 Å². The lowest BCUT2D eigenvalue weighted by Gasteiger charge is -2.34. The topological polar surface area (TPSA) is 32.5 Å². The quantitative estimate of drug-likeness (QED) is 0.425. The minimum Gasteiger partial charge on any atom is -0.444 e. The first-order valence-electron chi connectivity index (χ1n) is 11.6. The summed E-state index contributed by atoms with van der Waals surface area (Å²) < 4.78 is 7.62. The van der Waals surface area contributed by atoms with Gasteiger partial charge in [-0.3, -0.25) is 0 Å². The van der Waals surface area contributed by atoms with Gasteiger partial charge in [0, 0.05) is 25.1 Å². The Morgan fingerprint density at radius 2 is 1.84 bits per heavy atom. The van der Waals surface area contributed by atoms with Gasteiger partial charge < -0.3 is 9.64 Å². The lowest BCUT2D eigenvalue weighted by atomic mass is 9.91. The monoisotopic (exact) mass is 421 g/mol. The van der Waals surface area contributed by atoms with Crippen LogP contribution < -0.4 is 0 Å². The van der Waals surface area contributed by atoms with Crippen molar-refractivity contribution in [3.63, 3.8) is 0 Å². The van der Waals surface area contributed by atoms with E-state index in [9.17, 15) is 4.79 Å². The molecule has 0 aromatic rings. The molecule has 1 heterocycles. The molecule has 2 fully saturated rings. The van der Waals surface area contributed by atoms with Crippen LogP contribution >= 0.6 is 0 Å². The summed E-state index contributed by atoms with van der Waals surface area (Å²) in [6.45, 7) is 16.9. The van der Waals surface area contributed by atoms with Gasteiger partial charge in [0.25, 0.3) is 0 Å². The van der Waals surface area contributed by atoms with E-state index in [2.05, 4.69) is 48.3 Å². The molecule has 0 bridgehead atoms. The molecule has 31 heavy (non-hydrogen) atoms. The van der Waals surface area contributed by atoms with Gasteiger partial charge in [-0.05, 0) is 82.4 Å². The third-order valence-electron chi connectivity index (χ3n) is 7.15. The van der Waals surface area contributed by atoms with Gasteiger partial charge in [-0.1, -0.05) is 29.9 Å². The predicted octanol–water partition coefficient (Wildman–Crippen LogP) is 5.78. The van der Waals surface area contributed by atoms with Crippen LogP contribution in [0.2, 0.25) is 0 Å². The second-order valence-electron chi connectivity index (χ2n) is 10.7. The van der Waals surface area contributed by atoms with Crippen LogP contribution in [0.1, 0.15) is 59.3 Å². The first kappa shape index (κ1) is 21.9.